The number of alkyl halides is 3. The minimum atomic E-state index is -4.64. The maximum Gasteiger partial charge on any atom is 0.418 e. The lowest BCUT2D eigenvalue weighted by Gasteiger charge is -2.13. The maximum atomic E-state index is 13.0. The van der Waals surface area contributed by atoms with E-state index in [4.69, 9.17) is 5.26 Å². The second-order valence-electron chi connectivity index (χ2n) is 5.57. The monoisotopic (exact) mass is 388 g/mol. The number of para-hydroxylation sites is 1. The Morgan fingerprint density at radius 1 is 1.00 bits per heavy atom. The van der Waals surface area contributed by atoms with Crippen LogP contribution in [0.3, 0.4) is 0 Å². The van der Waals surface area contributed by atoms with Gasteiger partial charge in [0.05, 0.1) is 11.3 Å². The van der Waals surface area contributed by atoms with E-state index < -0.39 is 28.9 Å². The number of carbonyl (C=O) groups is 2. The van der Waals surface area contributed by atoms with Gasteiger partial charge in [0.2, 0.25) is 5.91 Å². The average molecular weight is 388 g/mol. The van der Waals surface area contributed by atoms with Crippen molar-refractivity contribution in [1.82, 2.24) is 0 Å². The highest BCUT2D eigenvalue weighted by Gasteiger charge is 2.33. The quantitative estimate of drug-likeness (QED) is 0.530. The molecule has 0 radical (unpaired) electrons. The number of nitriles is 1. The Bertz CT molecular complexity index is 945. The molecule has 0 aromatic heterocycles. The average Bonchev–Trinajstić information content (AvgIpc) is 2.62. The lowest BCUT2D eigenvalue weighted by molar-refractivity contribution is -0.137. The van der Waals surface area contributed by atoms with Crippen LogP contribution in [-0.4, -0.2) is 11.8 Å². The molecule has 6 nitrogen and oxygen atoms in total. The van der Waals surface area contributed by atoms with Crippen LogP contribution in [0.25, 0.3) is 0 Å². The van der Waals surface area contributed by atoms with Gasteiger partial charge in [-0.1, -0.05) is 12.1 Å². The van der Waals surface area contributed by atoms with Crippen LogP contribution in [0.2, 0.25) is 0 Å². The molecule has 0 heterocycles. The number of benzene rings is 2. The third kappa shape index (κ3) is 5.60. The Morgan fingerprint density at radius 3 is 2.18 bits per heavy atom. The van der Waals surface area contributed by atoms with E-state index in [9.17, 15) is 22.8 Å². The number of anilines is 3. The standard InChI is InChI=1S/C19H15F3N4O2/c1-12(27)25-15-8-6-14(7-9-15)24-11-13(10-23)18(28)26-17-5-3-2-4-16(17)19(20,21)22/h2-9,11,24H,1H3,(H,25,27)(H,26,28)/b13-11-. The first kappa shape index (κ1) is 20.5. The molecule has 2 aromatic rings. The summed E-state index contributed by atoms with van der Waals surface area (Å²) in [6.45, 7) is 1.36. The van der Waals surface area contributed by atoms with E-state index >= 15 is 0 Å². The summed E-state index contributed by atoms with van der Waals surface area (Å²) in [5, 5.41) is 16.5. The number of hydrogen-bond donors (Lipinski definition) is 3. The number of nitrogens with zero attached hydrogens (tertiary/aromatic N) is 1. The lowest BCUT2D eigenvalue weighted by atomic mass is 10.1. The van der Waals surface area contributed by atoms with E-state index in [0.29, 0.717) is 11.4 Å². The predicted molar refractivity (Wildman–Crippen MR) is 98.1 cm³/mol. The zero-order valence-electron chi connectivity index (χ0n) is 14.6. The van der Waals surface area contributed by atoms with Crippen LogP contribution in [0.4, 0.5) is 30.2 Å². The van der Waals surface area contributed by atoms with Crippen LogP contribution >= 0.6 is 0 Å². The second-order valence-corrected chi connectivity index (χ2v) is 5.57. The summed E-state index contributed by atoms with van der Waals surface area (Å²) in [5.74, 6) is -1.22. The molecule has 0 aliphatic rings. The molecule has 0 spiro atoms. The SMILES string of the molecule is CC(=O)Nc1ccc(N/C=C(/C#N)C(=O)Nc2ccccc2C(F)(F)F)cc1. The molecule has 144 valence electrons. The molecule has 3 N–H and O–H groups in total. The van der Waals surface area contributed by atoms with Crippen LogP contribution < -0.4 is 16.0 Å². The number of halogens is 3. The molecular weight excluding hydrogens is 373 g/mol. The molecule has 0 saturated heterocycles. The molecule has 0 saturated carbocycles. The highest BCUT2D eigenvalue weighted by Crippen LogP contribution is 2.34. The van der Waals surface area contributed by atoms with Crippen molar-refractivity contribution in [3.05, 3.63) is 65.9 Å². The molecule has 2 aromatic carbocycles. The fourth-order valence-corrected chi connectivity index (χ4v) is 2.19. The van der Waals surface area contributed by atoms with E-state index in [2.05, 4.69) is 16.0 Å². The lowest BCUT2D eigenvalue weighted by Crippen LogP contribution is -2.18. The molecular formula is C19H15F3N4O2. The molecule has 2 rings (SSSR count). The Labute approximate surface area is 158 Å². The Kier molecular flexibility index (Phi) is 6.39. The maximum absolute atomic E-state index is 13.0. The highest BCUT2D eigenvalue weighted by atomic mass is 19.4. The molecule has 0 aliphatic heterocycles. The molecule has 0 aliphatic carbocycles. The molecule has 0 bridgehead atoms. The fourth-order valence-electron chi connectivity index (χ4n) is 2.19. The zero-order chi connectivity index (χ0) is 20.7. The summed E-state index contributed by atoms with van der Waals surface area (Å²) in [4.78, 5) is 23.1. The number of rotatable bonds is 5. The van der Waals surface area contributed by atoms with Crippen LogP contribution in [0.1, 0.15) is 12.5 Å². The molecule has 9 heteroatoms. The molecule has 0 fully saturated rings. The van der Waals surface area contributed by atoms with Gasteiger partial charge in [-0.15, -0.1) is 0 Å². The first-order valence-corrected chi connectivity index (χ1v) is 7.92. The van der Waals surface area contributed by atoms with Crippen LogP contribution in [0.15, 0.2) is 60.3 Å². The molecule has 0 atom stereocenters. The summed E-state index contributed by atoms with van der Waals surface area (Å²) >= 11 is 0. The van der Waals surface area contributed by atoms with Crippen molar-refractivity contribution in [2.24, 2.45) is 0 Å². The van der Waals surface area contributed by atoms with Gasteiger partial charge >= 0.3 is 6.18 Å². The van der Waals surface area contributed by atoms with Gasteiger partial charge in [0.25, 0.3) is 5.91 Å². The topological polar surface area (TPSA) is 94.0 Å². The highest BCUT2D eigenvalue weighted by molar-refractivity contribution is 6.07. The molecule has 0 unspecified atom stereocenters. The van der Waals surface area contributed by atoms with Crippen LogP contribution in [0, 0.1) is 11.3 Å². The number of carbonyl (C=O) groups excluding carboxylic acids is 2. The molecule has 28 heavy (non-hydrogen) atoms. The van der Waals surface area contributed by atoms with Crippen molar-refractivity contribution in [2.75, 3.05) is 16.0 Å². The fraction of sp³-hybridized carbons (Fsp3) is 0.105. The van der Waals surface area contributed by atoms with Gasteiger partial charge in [-0.3, -0.25) is 9.59 Å². The normalized spacial score (nSPS) is 11.3. The third-order valence-corrected chi connectivity index (χ3v) is 3.43. The van der Waals surface area contributed by atoms with E-state index in [-0.39, 0.29) is 5.91 Å². The minimum Gasteiger partial charge on any atom is -0.360 e. The van der Waals surface area contributed by atoms with E-state index in [1.54, 1.807) is 30.3 Å². The summed E-state index contributed by atoms with van der Waals surface area (Å²) < 4.78 is 39.0. The Morgan fingerprint density at radius 2 is 1.61 bits per heavy atom. The number of hydrogen-bond acceptors (Lipinski definition) is 4. The number of amides is 2. The summed E-state index contributed by atoms with van der Waals surface area (Å²) in [5.41, 5.74) is -0.805. The van der Waals surface area contributed by atoms with Gasteiger partial charge in [0.1, 0.15) is 11.6 Å². The smallest absolute Gasteiger partial charge is 0.360 e. The van der Waals surface area contributed by atoms with Crippen molar-refractivity contribution < 1.29 is 22.8 Å². The largest absolute Gasteiger partial charge is 0.418 e. The summed E-state index contributed by atoms with van der Waals surface area (Å²) in [7, 11) is 0. The summed E-state index contributed by atoms with van der Waals surface area (Å²) in [6.07, 6.45) is -3.56. The first-order chi connectivity index (χ1) is 13.2. The van der Waals surface area contributed by atoms with Crippen molar-refractivity contribution in [1.29, 1.82) is 5.26 Å². The summed E-state index contributed by atoms with van der Waals surface area (Å²) in [6, 6.07) is 12.5. The predicted octanol–water partition coefficient (Wildman–Crippen LogP) is 4.12. The van der Waals surface area contributed by atoms with Crippen LogP contribution in [-0.2, 0) is 15.8 Å². The number of nitrogens with one attached hydrogen (secondary N) is 3. The van der Waals surface area contributed by atoms with Crippen molar-refractivity contribution in [2.45, 2.75) is 13.1 Å². The third-order valence-electron chi connectivity index (χ3n) is 3.43. The van der Waals surface area contributed by atoms with Crippen molar-refractivity contribution >= 4 is 28.9 Å². The minimum absolute atomic E-state index is 0.233. The molecule has 2 amide bonds. The van der Waals surface area contributed by atoms with Gasteiger partial charge in [-0.25, -0.2) is 0 Å². The van der Waals surface area contributed by atoms with E-state index in [0.717, 1.165) is 18.3 Å². The van der Waals surface area contributed by atoms with Gasteiger partial charge in [-0.2, -0.15) is 18.4 Å². The van der Waals surface area contributed by atoms with Gasteiger partial charge < -0.3 is 16.0 Å². The first-order valence-electron chi connectivity index (χ1n) is 7.92. The second kappa shape index (κ2) is 8.73. The Hall–Kier alpha value is -3.80. The van der Waals surface area contributed by atoms with Crippen molar-refractivity contribution in [3.63, 3.8) is 0 Å². The van der Waals surface area contributed by atoms with Crippen molar-refractivity contribution in [3.8, 4) is 6.07 Å². The van der Waals surface area contributed by atoms with Gasteiger partial charge in [0, 0.05) is 24.5 Å². The van der Waals surface area contributed by atoms with Gasteiger partial charge in [0.15, 0.2) is 0 Å². The zero-order valence-corrected chi connectivity index (χ0v) is 14.6. The van der Waals surface area contributed by atoms with E-state index in [1.165, 1.54) is 19.1 Å². The Balaban J connectivity index is 2.12. The van der Waals surface area contributed by atoms with Gasteiger partial charge in [-0.05, 0) is 36.4 Å². The van der Waals surface area contributed by atoms with E-state index in [1.807, 2.05) is 0 Å². The van der Waals surface area contributed by atoms with Crippen LogP contribution in [0.5, 0.6) is 0 Å².